The topological polar surface area (TPSA) is 105 Å². The molecule has 1 fully saturated rings. The summed E-state index contributed by atoms with van der Waals surface area (Å²) in [4.78, 5) is 23.8. The Hall–Kier alpha value is -2.33. The van der Waals surface area contributed by atoms with Crippen molar-refractivity contribution in [2.45, 2.75) is 6.92 Å². The van der Waals surface area contributed by atoms with E-state index in [9.17, 15) is 18.0 Å². The zero-order chi connectivity index (χ0) is 21.2. The maximum absolute atomic E-state index is 12.6. The lowest BCUT2D eigenvalue weighted by Gasteiger charge is -2.28. The van der Waals surface area contributed by atoms with Crippen molar-refractivity contribution in [2.24, 2.45) is 0 Å². The Bertz CT molecular complexity index is 1080. The van der Waals surface area contributed by atoms with Gasteiger partial charge in [-0.05, 0) is 36.4 Å². The Balaban J connectivity index is 1.81. The molecular formula is C18H17Cl2N3O5S. The van der Waals surface area contributed by atoms with Crippen LogP contribution in [0.4, 0.5) is 17.1 Å². The molecule has 1 saturated heterocycles. The molecule has 1 aliphatic rings. The van der Waals surface area contributed by atoms with Crippen LogP contribution in [0.5, 0.6) is 0 Å². The van der Waals surface area contributed by atoms with Crippen LogP contribution in [-0.2, 0) is 19.6 Å². The lowest BCUT2D eigenvalue weighted by atomic mass is 10.1. The Morgan fingerprint density at radius 2 is 1.83 bits per heavy atom. The number of hydrogen-bond donors (Lipinski definition) is 2. The molecule has 1 aliphatic heterocycles. The van der Waals surface area contributed by atoms with Crippen LogP contribution in [0, 0.1) is 0 Å². The summed E-state index contributed by atoms with van der Waals surface area (Å²) in [5, 5.41) is 5.66. The number of anilines is 3. The molecule has 2 aromatic rings. The number of ether oxygens (including phenoxy) is 1. The van der Waals surface area contributed by atoms with Crippen LogP contribution < -0.4 is 14.9 Å². The highest BCUT2D eigenvalue weighted by Gasteiger charge is 2.27. The van der Waals surface area contributed by atoms with E-state index in [-0.39, 0.29) is 29.6 Å². The number of benzene rings is 2. The molecule has 0 spiro atoms. The van der Waals surface area contributed by atoms with Crippen molar-refractivity contribution in [3.05, 3.63) is 52.0 Å². The average Bonchev–Trinajstić information content (AvgIpc) is 2.63. The highest BCUT2D eigenvalue weighted by Crippen LogP contribution is 2.29. The summed E-state index contributed by atoms with van der Waals surface area (Å²) in [7, 11) is -3.59. The fourth-order valence-electron chi connectivity index (χ4n) is 2.73. The predicted molar refractivity (Wildman–Crippen MR) is 112 cm³/mol. The average molecular weight is 458 g/mol. The second-order valence-corrected chi connectivity index (χ2v) is 8.86. The molecule has 2 amide bonds. The van der Waals surface area contributed by atoms with Gasteiger partial charge < -0.3 is 15.4 Å². The summed E-state index contributed by atoms with van der Waals surface area (Å²) in [5.74, 6) is -1.20. The number of carbonyl (C=O) groups excluding carboxylic acids is 2. The number of carbonyl (C=O) groups is 2. The molecule has 2 N–H and O–H groups in total. The molecule has 2 aromatic carbocycles. The van der Waals surface area contributed by atoms with E-state index in [1.54, 1.807) is 6.07 Å². The van der Waals surface area contributed by atoms with E-state index in [0.717, 1.165) is 0 Å². The first-order valence-corrected chi connectivity index (χ1v) is 10.8. The summed E-state index contributed by atoms with van der Waals surface area (Å²) >= 11 is 12.3. The first-order chi connectivity index (χ1) is 13.7. The van der Waals surface area contributed by atoms with Gasteiger partial charge in [0.15, 0.2) is 5.94 Å². The van der Waals surface area contributed by atoms with Gasteiger partial charge >= 0.3 is 0 Å². The Kier molecular flexibility index (Phi) is 6.33. The molecule has 0 atom stereocenters. The van der Waals surface area contributed by atoms with E-state index in [2.05, 4.69) is 10.6 Å². The maximum Gasteiger partial charge on any atom is 0.259 e. The van der Waals surface area contributed by atoms with Gasteiger partial charge in [0, 0.05) is 12.6 Å². The van der Waals surface area contributed by atoms with Crippen LogP contribution in [0.2, 0.25) is 10.0 Å². The van der Waals surface area contributed by atoms with Crippen molar-refractivity contribution in [1.82, 2.24) is 0 Å². The molecule has 8 nitrogen and oxygen atoms in total. The molecule has 29 heavy (non-hydrogen) atoms. The Labute approximate surface area is 177 Å². The van der Waals surface area contributed by atoms with Crippen molar-refractivity contribution in [1.29, 1.82) is 0 Å². The fourth-order valence-corrected chi connectivity index (χ4v) is 4.40. The first kappa shape index (κ1) is 21.4. The van der Waals surface area contributed by atoms with Gasteiger partial charge in [0.1, 0.15) is 0 Å². The van der Waals surface area contributed by atoms with Crippen LogP contribution in [0.15, 0.2) is 36.4 Å². The lowest BCUT2D eigenvalue weighted by Crippen LogP contribution is -2.41. The number of hydrogen-bond acceptors (Lipinski definition) is 5. The smallest absolute Gasteiger partial charge is 0.259 e. The molecule has 3 rings (SSSR count). The summed E-state index contributed by atoms with van der Waals surface area (Å²) in [5.41, 5.74) is 1.28. The molecular weight excluding hydrogens is 441 g/mol. The van der Waals surface area contributed by atoms with Crippen LogP contribution in [0.1, 0.15) is 17.3 Å². The number of nitrogens with zero attached hydrogens (tertiary/aromatic N) is 1. The van der Waals surface area contributed by atoms with Crippen molar-refractivity contribution in [3.8, 4) is 0 Å². The third-order valence-electron chi connectivity index (χ3n) is 4.03. The van der Waals surface area contributed by atoms with Gasteiger partial charge in [-0.15, -0.1) is 0 Å². The second-order valence-electron chi connectivity index (χ2n) is 6.20. The van der Waals surface area contributed by atoms with Crippen LogP contribution in [-0.4, -0.2) is 39.3 Å². The molecule has 0 bridgehead atoms. The minimum absolute atomic E-state index is 0.0951. The van der Waals surface area contributed by atoms with E-state index in [1.807, 2.05) is 0 Å². The SMILES string of the molecule is CC(=O)Nc1cc(NC(=O)c2ccc(N3CCOCS3(=O)=O)cc2Cl)ccc1Cl. The van der Waals surface area contributed by atoms with Gasteiger partial charge in [-0.2, -0.15) is 0 Å². The van der Waals surface area contributed by atoms with E-state index in [1.165, 1.54) is 41.6 Å². The number of rotatable bonds is 4. The molecule has 0 aliphatic carbocycles. The fraction of sp³-hybridized carbons (Fsp3) is 0.222. The van der Waals surface area contributed by atoms with Gasteiger partial charge in [0.2, 0.25) is 5.91 Å². The van der Waals surface area contributed by atoms with Gasteiger partial charge in [-0.3, -0.25) is 13.9 Å². The molecule has 1 heterocycles. The minimum atomic E-state index is -3.59. The van der Waals surface area contributed by atoms with Gasteiger partial charge in [0.25, 0.3) is 15.9 Å². The second kappa shape index (κ2) is 8.58. The van der Waals surface area contributed by atoms with Crippen LogP contribution in [0.25, 0.3) is 0 Å². The standard InChI is InChI=1S/C18H17Cl2N3O5S/c1-11(24)21-17-8-12(2-5-15(17)19)22-18(25)14-4-3-13(9-16(14)20)23-6-7-28-10-29(23,26)27/h2-5,8-9H,6-7,10H2,1H3,(H,21,24)(H,22,25). The molecule has 0 aromatic heterocycles. The normalized spacial score (nSPS) is 15.6. The predicted octanol–water partition coefficient (Wildman–Crippen LogP) is 3.33. The third-order valence-corrected chi connectivity index (χ3v) is 6.20. The highest BCUT2D eigenvalue weighted by atomic mass is 35.5. The van der Waals surface area contributed by atoms with E-state index in [4.69, 9.17) is 27.9 Å². The summed E-state index contributed by atoms with van der Waals surface area (Å²) in [6.45, 7) is 1.78. The number of nitrogens with one attached hydrogen (secondary N) is 2. The van der Waals surface area contributed by atoms with Crippen LogP contribution >= 0.6 is 23.2 Å². The van der Waals surface area contributed by atoms with Crippen LogP contribution in [0.3, 0.4) is 0 Å². The number of halogens is 2. The first-order valence-electron chi connectivity index (χ1n) is 8.43. The van der Waals surface area contributed by atoms with E-state index in [0.29, 0.717) is 22.1 Å². The quantitative estimate of drug-likeness (QED) is 0.732. The molecule has 0 radical (unpaired) electrons. The van der Waals surface area contributed by atoms with Gasteiger partial charge in [0.05, 0.1) is 40.1 Å². The van der Waals surface area contributed by atoms with Gasteiger partial charge in [-0.1, -0.05) is 23.2 Å². The number of sulfonamides is 1. The van der Waals surface area contributed by atoms with Crippen molar-refractivity contribution in [2.75, 3.05) is 34.0 Å². The molecule has 154 valence electrons. The lowest BCUT2D eigenvalue weighted by molar-refractivity contribution is -0.114. The summed E-state index contributed by atoms with van der Waals surface area (Å²) in [6.07, 6.45) is 0. The van der Waals surface area contributed by atoms with Crippen molar-refractivity contribution < 1.29 is 22.7 Å². The molecule has 0 unspecified atom stereocenters. The zero-order valence-corrected chi connectivity index (χ0v) is 17.6. The minimum Gasteiger partial charge on any atom is -0.362 e. The summed E-state index contributed by atoms with van der Waals surface area (Å²) < 4.78 is 30.4. The Morgan fingerprint density at radius 1 is 1.07 bits per heavy atom. The van der Waals surface area contributed by atoms with E-state index >= 15 is 0 Å². The van der Waals surface area contributed by atoms with E-state index < -0.39 is 21.9 Å². The van der Waals surface area contributed by atoms with Crippen molar-refractivity contribution in [3.63, 3.8) is 0 Å². The number of amides is 2. The monoisotopic (exact) mass is 457 g/mol. The summed E-state index contributed by atoms with van der Waals surface area (Å²) in [6, 6.07) is 9.01. The third kappa shape index (κ3) is 4.99. The zero-order valence-electron chi connectivity index (χ0n) is 15.2. The largest absolute Gasteiger partial charge is 0.362 e. The molecule has 11 heteroatoms. The maximum atomic E-state index is 12.6. The van der Waals surface area contributed by atoms with Crippen molar-refractivity contribution >= 4 is 62.1 Å². The Morgan fingerprint density at radius 3 is 2.48 bits per heavy atom. The highest BCUT2D eigenvalue weighted by molar-refractivity contribution is 7.92. The van der Waals surface area contributed by atoms with Gasteiger partial charge in [-0.25, -0.2) is 8.42 Å². The molecule has 0 saturated carbocycles.